The van der Waals surface area contributed by atoms with Crippen molar-refractivity contribution in [3.63, 3.8) is 0 Å². The molecule has 0 radical (unpaired) electrons. The van der Waals surface area contributed by atoms with Gasteiger partial charge in [0, 0.05) is 11.2 Å². The largest absolute Gasteiger partial charge is 0.368 e. The number of benzene rings is 1. The van der Waals surface area contributed by atoms with Gasteiger partial charge < -0.3 is 5.73 Å². The minimum absolute atomic E-state index is 0.128. The Morgan fingerprint density at radius 2 is 2.14 bits per heavy atom. The Morgan fingerprint density at radius 3 is 2.82 bits per heavy atom. The number of nitrogens with zero attached hydrogens (tertiary/aromatic N) is 2. The topological polar surface area (TPSA) is 107 Å². The quantitative estimate of drug-likeness (QED) is 0.829. The highest BCUT2D eigenvalue weighted by Crippen LogP contribution is 2.17. The van der Waals surface area contributed by atoms with Crippen LogP contribution in [0.2, 0.25) is 5.02 Å². The first-order valence-electron chi connectivity index (χ1n) is 6.12. The number of anilines is 1. The molecular weight excluding hydrogens is 328 g/mol. The molecule has 1 heterocycles. The Morgan fingerprint density at radius 1 is 1.41 bits per heavy atom. The monoisotopic (exact) mass is 340 g/mol. The summed E-state index contributed by atoms with van der Waals surface area (Å²) in [4.78, 5) is 10.8. The maximum atomic E-state index is 11.9. The fraction of sp³-hybridized carbons (Fsp3) is 0.0769. The van der Waals surface area contributed by atoms with E-state index in [1.54, 1.807) is 24.3 Å². The molecule has 0 bridgehead atoms. The first-order chi connectivity index (χ1) is 10.4. The van der Waals surface area contributed by atoms with Gasteiger partial charge in [-0.2, -0.15) is 5.10 Å². The number of nitrogens with two attached hydrogens (primary N) is 1. The van der Waals surface area contributed by atoms with Gasteiger partial charge in [0.25, 0.3) is 10.0 Å². The summed E-state index contributed by atoms with van der Waals surface area (Å²) in [6, 6.07) is 6.85. The smallest absolute Gasteiger partial charge is 0.255 e. The second-order valence-corrected chi connectivity index (χ2v) is 6.34. The van der Waals surface area contributed by atoms with Gasteiger partial charge in [0.2, 0.25) is 5.91 Å². The van der Waals surface area contributed by atoms with Crippen LogP contribution in [0.1, 0.15) is 5.56 Å². The second kappa shape index (κ2) is 6.63. The molecule has 1 aromatic heterocycles. The number of halogens is 1. The highest BCUT2D eigenvalue weighted by molar-refractivity contribution is 7.95. The van der Waals surface area contributed by atoms with Crippen LogP contribution in [0.25, 0.3) is 6.08 Å². The van der Waals surface area contributed by atoms with Crippen molar-refractivity contribution in [3.8, 4) is 0 Å². The number of carbonyl (C=O) groups excluding carboxylic acids is 1. The highest BCUT2D eigenvalue weighted by atomic mass is 35.5. The van der Waals surface area contributed by atoms with Gasteiger partial charge in [-0.25, -0.2) is 8.42 Å². The van der Waals surface area contributed by atoms with Gasteiger partial charge in [-0.1, -0.05) is 29.8 Å². The SMILES string of the molecule is NC(=O)Cn1cc(NS(=O)(=O)C=Cc2ccccc2Cl)cn1. The maximum absolute atomic E-state index is 11.9. The molecular formula is C13H13ClN4O3S. The van der Waals surface area contributed by atoms with Crippen LogP contribution in [-0.4, -0.2) is 24.1 Å². The average molecular weight is 341 g/mol. The van der Waals surface area contributed by atoms with Crippen LogP contribution < -0.4 is 10.5 Å². The van der Waals surface area contributed by atoms with E-state index in [1.165, 1.54) is 23.2 Å². The number of aromatic nitrogens is 2. The van der Waals surface area contributed by atoms with E-state index in [9.17, 15) is 13.2 Å². The van der Waals surface area contributed by atoms with Crippen molar-refractivity contribution in [1.29, 1.82) is 0 Å². The van der Waals surface area contributed by atoms with Gasteiger partial charge >= 0.3 is 0 Å². The molecule has 0 atom stereocenters. The lowest BCUT2D eigenvalue weighted by atomic mass is 10.2. The first-order valence-corrected chi connectivity index (χ1v) is 8.04. The number of nitrogens with one attached hydrogen (secondary N) is 1. The third-order valence-corrected chi connectivity index (χ3v) is 3.90. The van der Waals surface area contributed by atoms with E-state index in [0.29, 0.717) is 10.6 Å². The summed E-state index contributed by atoms with van der Waals surface area (Å²) in [7, 11) is -3.72. The zero-order valence-electron chi connectivity index (χ0n) is 11.3. The Hall–Kier alpha value is -2.32. The van der Waals surface area contributed by atoms with Gasteiger partial charge in [-0.15, -0.1) is 0 Å². The first kappa shape index (κ1) is 16.1. The zero-order chi connectivity index (χ0) is 16.2. The minimum atomic E-state index is -3.72. The summed E-state index contributed by atoms with van der Waals surface area (Å²) in [5.41, 5.74) is 5.83. The average Bonchev–Trinajstić information content (AvgIpc) is 2.83. The van der Waals surface area contributed by atoms with Gasteiger partial charge in [-0.3, -0.25) is 14.2 Å². The van der Waals surface area contributed by atoms with Gasteiger partial charge in [0.1, 0.15) is 6.54 Å². The lowest BCUT2D eigenvalue weighted by molar-refractivity contribution is -0.118. The van der Waals surface area contributed by atoms with Crippen molar-refractivity contribution in [2.24, 2.45) is 5.73 Å². The van der Waals surface area contributed by atoms with E-state index in [4.69, 9.17) is 17.3 Å². The Bertz CT molecular complexity index is 814. The van der Waals surface area contributed by atoms with Crippen molar-refractivity contribution in [3.05, 3.63) is 52.7 Å². The number of amides is 1. The lowest BCUT2D eigenvalue weighted by Gasteiger charge is -2.01. The molecule has 7 nitrogen and oxygen atoms in total. The molecule has 0 spiro atoms. The molecule has 0 saturated carbocycles. The molecule has 2 aromatic rings. The van der Waals surface area contributed by atoms with Crippen LogP contribution in [0, 0.1) is 0 Å². The molecule has 2 rings (SSSR count). The molecule has 0 fully saturated rings. The van der Waals surface area contributed by atoms with Crippen molar-refractivity contribution >= 4 is 39.3 Å². The summed E-state index contributed by atoms with van der Waals surface area (Å²) in [6.07, 6.45) is 4.04. The van der Waals surface area contributed by atoms with Crippen LogP contribution in [0.3, 0.4) is 0 Å². The molecule has 0 saturated heterocycles. The number of primary amides is 1. The maximum Gasteiger partial charge on any atom is 0.255 e. The number of rotatable bonds is 6. The minimum Gasteiger partial charge on any atom is -0.368 e. The molecule has 0 aliphatic carbocycles. The molecule has 0 aliphatic heterocycles. The molecule has 1 aromatic carbocycles. The van der Waals surface area contributed by atoms with Crippen molar-refractivity contribution < 1.29 is 13.2 Å². The normalized spacial score (nSPS) is 11.7. The summed E-state index contributed by atoms with van der Waals surface area (Å²) >= 11 is 5.94. The third kappa shape index (κ3) is 4.61. The van der Waals surface area contributed by atoms with E-state index in [0.717, 1.165) is 5.41 Å². The van der Waals surface area contributed by atoms with Gasteiger partial charge in [0.05, 0.1) is 17.3 Å². The lowest BCUT2D eigenvalue weighted by Crippen LogP contribution is -2.18. The Balaban J connectivity index is 2.09. The molecule has 1 amide bonds. The summed E-state index contributed by atoms with van der Waals surface area (Å²) in [6.45, 7) is -0.128. The second-order valence-electron chi connectivity index (χ2n) is 4.36. The van der Waals surface area contributed by atoms with Gasteiger partial charge in [0.15, 0.2) is 0 Å². The Labute approximate surface area is 132 Å². The number of hydrogen-bond donors (Lipinski definition) is 2. The predicted octanol–water partition coefficient (Wildman–Crippen LogP) is 1.43. The molecule has 3 N–H and O–H groups in total. The zero-order valence-corrected chi connectivity index (χ0v) is 12.9. The van der Waals surface area contributed by atoms with E-state index in [1.807, 2.05) is 0 Å². The summed E-state index contributed by atoms with van der Waals surface area (Å²) < 4.78 is 27.4. The van der Waals surface area contributed by atoms with Crippen LogP contribution in [0.5, 0.6) is 0 Å². The third-order valence-electron chi connectivity index (χ3n) is 2.54. The fourth-order valence-electron chi connectivity index (χ4n) is 1.63. The van der Waals surface area contributed by atoms with E-state index >= 15 is 0 Å². The van der Waals surface area contributed by atoms with Crippen molar-refractivity contribution in [2.45, 2.75) is 6.54 Å². The van der Waals surface area contributed by atoms with E-state index in [-0.39, 0.29) is 12.2 Å². The molecule has 22 heavy (non-hydrogen) atoms. The summed E-state index contributed by atoms with van der Waals surface area (Å²) in [5.74, 6) is -0.573. The molecule has 0 unspecified atom stereocenters. The van der Waals surface area contributed by atoms with Crippen LogP contribution in [0.15, 0.2) is 42.1 Å². The molecule has 0 aliphatic rings. The highest BCUT2D eigenvalue weighted by Gasteiger charge is 2.09. The van der Waals surface area contributed by atoms with Crippen LogP contribution in [-0.2, 0) is 21.4 Å². The Kier molecular flexibility index (Phi) is 4.84. The number of hydrogen-bond acceptors (Lipinski definition) is 4. The molecule has 116 valence electrons. The van der Waals surface area contributed by atoms with Gasteiger partial charge in [-0.05, 0) is 17.7 Å². The van der Waals surface area contributed by atoms with Crippen LogP contribution >= 0.6 is 11.6 Å². The van der Waals surface area contributed by atoms with Crippen LogP contribution in [0.4, 0.5) is 5.69 Å². The van der Waals surface area contributed by atoms with E-state index < -0.39 is 15.9 Å². The molecule has 9 heteroatoms. The number of sulfonamides is 1. The fourth-order valence-corrected chi connectivity index (χ4v) is 2.66. The predicted molar refractivity (Wildman–Crippen MR) is 84.4 cm³/mol. The van der Waals surface area contributed by atoms with Crippen molar-refractivity contribution in [2.75, 3.05) is 4.72 Å². The summed E-state index contributed by atoms with van der Waals surface area (Å²) in [5, 5.41) is 5.26. The standard InChI is InChI=1S/C13H13ClN4O3S/c14-12-4-2-1-3-10(12)5-6-22(20,21)17-11-7-16-18(8-11)9-13(15)19/h1-8,17H,9H2,(H2,15,19). The number of carbonyl (C=O) groups is 1. The van der Waals surface area contributed by atoms with Crippen molar-refractivity contribution in [1.82, 2.24) is 9.78 Å². The van der Waals surface area contributed by atoms with E-state index in [2.05, 4.69) is 9.82 Å².